The van der Waals surface area contributed by atoms with Crippen LogP contribution in [0.15, 0.2) is 41.1 Å². The molecule has 0 bridgehead atoms. The van der Waals surface area contributed by atoms with Crippen molar-refractivity contribution in [3.63, 3.8) is 0 Å². The topological polar surface area (TPSA) is 67.5 Å². The molecule has 29 heavy (non-hydrogen) atoms. The van der Waals surface area contributed by atoms with Crippen molar-refractivity contribution in [1.82, 2.24) is 20.0 Å². The smallest absolute Gasteiger partial charge is 0.244 e. The van der Waals surface area contributed by atoms with E-state index in [0.29, 0.717) is 22.8 Å². The Morgan fingerprint density at radius 2 is 1.93 bits per heavy atom. The number of piperazine rings is 1. The third-order valence-electron chi connectivity index (χ3n) is 5.37. The van der Waals surface area contributed by atoms with Crippen LogP contribution in [0.2, 0.25) is 0 Å². The zero-order valence-electron chi connectivity index (χ0n) is 16.8. The van der Waals surface area contributed by atoms with Crippen LogP contribution in [0.25, 0.3) is 11.4 Å². The molecule has 3 aromatic rings. The van der Waals surface area contributed by atoms with Crippen LogP contribution in [-0.4, -0.2) is 53.3 Å². The van der Waals surface area contributed by atoms with Crippen LogP contribution in [0.3, 0.4) is 0 Å². The minimum Gasteiger partial charge on any atom is -0.497 e. The molecule has 0 spiro atoms. The number of benzene rings is 1. The van der Waals surface area contributed by atoms with Crippen LogP contribution in [0, 0.1) is 12.7 Å². The van der Waals surface area contributed by atoms with E-state index < -0.39 is 0 Å². The average Bonchev–Trinajstić information content (AvgIpc) is 3.25. The van der Waals surface area contributed by atoms with Crippen molar-refractivity contribution in [2.45, 2.75) is 19.9 Å². The summed E-state index contributed by atoms with van der Waals surface area (Å²) in [6.07, 6.45) is 1.76. The maximum absolute atomic E-state index is 13.8. The second-order valence-electron chi connectivity index (χ2n) is 7.17. The van der Waals surface area contributed by atoms with E-state index in [1.54, 1.807) is 32.4 Å². The van der Waals surface area contributed by atoms with Gasteiger partial charge in [-0.15, -0.1) is 0 Å². The Morgan fingerprint density at radius 3 is 2.66 bits per heavy atom. The Morgan fingerprint density at radius 1 is 1.14 bits per heavy atom. The molecule has 152 valence electrons. The van der Waals surface area contributed by atoms with Crippen LogP contribution >= 0.6 is 0 Å². The fourth-order valence-corrected chi connectivity index (χ4v) is 3.45. The molecule has 7 nitrogen and oxygen atoms in total. The molecule has 1 fully saturated rings. The monoisotopic (exact) mass is 397 g/mol. The molecular formula is C21H24FN5O2. The summed E-state index contributed by atoms with van der Waals surface area (Å²) in [6, 6.07) is 8.73. The highest BCUT2D eigenvalue weighted by molar-refractivity contribution is 5.55. The second-order valence-corrected chi connectivity index (χ2v) is 7.17. The Balaban J connectivity index is 1.41. The lowest BCUT2D eigenvalue weighted by atomic mass is 10.1. The second kappa shape index (κ2) is 8.16. The number of nitrogens with zero attached hydrogens (tertiary/aromatic N) is 5. The Labute approximate surface area is 169 Å². The van der Waals surface area contributed by atoms with Gasteiger partial charge in [0.25, 0.3) is 0 Å². The van der Waals surface area contributed by atoms with Crippen molar-refractivity contribution in [3.8, 4) is 17.1 Å². The summed E-state index contributed by atoms with van der Waals surface area (Å²) < 4.78 is 24.6. The molecule has 0 aliphatic carbocycles. The Bertz CT molecular complexity index is 985. The zero-order chi connectivity index (χ0) is 20.4. The lowest BCUT2D eigenvalue weighted by Gasteiger charge is -2.37. The number of ether oxygens (including phenoxy) is 1. The number of halogens is 1. The van der Waals surface area contributed by atoms with Crippen LogP contribution < -0.4 is 9.64 Å². The largest absolute Gasteiger partial charge is 0.497 e. The van der Waals surface area contributed by atoms with Crippen molar-refractivity contribution in [2.75, 3.05) is 38.2 Å². The predicted molar refractivity (Wildman–Crippen MR) is 107 cm³/mol. The number of aromatic nitrogens is 3. The molecule has 1 atom stereocenters. The Hall–Kier alpha value is -3.00. The lowest BCUT2D eigenvalue weighted by Crippen LogP contribution is -2.47. The van der Waals surface area contributed by atoms with Crippen LogP contribution in [0.1, 0.15) is 24.4 Å². The average molecular weight is 397 g/mol. The van der Waals surface area contributed by atoms with Gasteiger partial charge in [-0.3, -0.25) is 4.90 Å². The minimum atomic E-state index is -0.274. The molecule has 1 aliphatic heterocycles. The van der Waals surface area contributed by atoms with Crippen molar-refractivity contribution >= 4 is 5.82 Å². The number of anilines is 1. The van der Waals surface area contributed by atoms with Gasteiger partial charge in [0, 0.05) is 44.0 Å². The summed E-state index contributed by atoms with van der Waals surface area (Å²) in [6.45, 7) is 7.15. The van der Waals surface area contributed by atoms with Gasteiger partial charge in [-0.2, -0.15) is 4.98 Å². The van der Waals surface area contributed by atoms with Crippen LogP contribution in [0.4, 0.5) is 10.2 Å². The Kier molecular flexibility index (Phi) is 5.44. The number of aryl methyl sites for hydroxylation is 1. The summed E-state index contributed by atoms with van der Waals surface area (Å²) >= 11 is 0. The maximum atomic E-state index is 13.8. The van der Waals surface area contributed by atoms with Gasteiger partial charge in [-0.1, -0.05) is 17.3 Å². The van der Waals surface area contributed by atoms with Gasteiger partial charge in [0.05, 0.1) is 13.2 Å². The molecule has 4 rings (SSSR count). The van der Waals surface area contributed by atoms with E-state index in [2.05, 4.69) is 24.9 Å². The molecule has 3 heterocycles. The van der Waals surface area contributed by atoms with Gasteiger partial charge in [0.15, 0.2) is 0 Å². The van der Waals surface area contributed by atoms with Crippen molar-refractivity contribution in [1.29, 1.82) is 0 Å². The van der Waals surface area contributed by atoms with Crippen molar-refractivity contribution in [2.24, 2.45) is 0 Å². The number of pyridine rings is 1. The normalized spacial score (nSPS) is 16.1. The maximum Gasteiger partial charge on any atom is 0.244 e. The summed E-state index contributed by atoms with van der Waals surface area (Å²) in [5.41, 5.74) is 1.21. The fourth-order valence-electron chi connectivity index (χ4n) is 3.45. The van der Waals surface area contributed by atoms with E-state index in [1.165, 1.54) is 6.07 Å². The van der Waals surface area contributed by atoms with Crippen molar-refractivity contribution < 1.29 is 13.7 Å². The van der Waals surface area contributed by atoms with Gasteiger partial charge in [-0.05, 0) is 31.5 Å². The van der Waals surface area contributed by atoms with Gasteiger partial charge >= 0.3 is 0 Å². The molecule has 0 saturated carbocycles. The number of hydrogen-bond donors (Lipinski definition) is 0. The number of rotatable bonds is 5. The van der Waals surface area contributed by atoms with Gasteiger partial charge in [0.1, 0.15) is 17.4 Å². The first-order valence-corrected chi connectivity index (χ1v) is 9.64. The van der Waals surface area contributed by atoms with Crippen LogP contribution in [-0.2, 0) is 0 Å². The predicted octanol–water partition coefficient (Wildman–Crippen LogP) is 3.47. The molecule has 0 N–H and O–H groups in total. The molecular weight excluding hydrogens is 373 g/mol. The molecule has 2 aromatic heterocycles. The van der Waals surface area contributed by atoms with E-state index in [4.69, 9.17) is 9.26 Å². The highest BCUT2D eigenvalue weighted by atomic mass is 19.1. The SMILES string of the molecule is COc1ccnc(N2CCN([C@H](C)c3nc(-c4ccc(C)c(F)c4)no3)CC2)c1. The molecule has 0 amide bonds. The van der Waals surface area contributed by atoms with Crippen molar-refractivity contribution in [3.05, 3.63) is 53.8 Å². The first-order chi connectivity index (χ1) is 14.0. The highest BCUT2D eigenvalue weighted by Crippen LogP contribution is 2.26. The fraction of sp³-hybridized carbons (Fsp3) is 0.381. The summed E-state index contributed by atoms with van der Waals surface area (Å²) in [5.74, 6) is 2.39. The van der Waals surface area contributed by atoms with E-state index in [1.807, 2.05) is 19.1 Å². The van der Waals surface area contributed by atoms with E-state index in [9.17, 15) is 4.39 Å². The summed E-state index contributed by atoms with van der Waals surface area (Å²) in [4.78, 5) is 13.5. The lowest BCUT2D eigenvalue weighted by molar-refractivity contribution is 0.164. The van der Waals surface area contributed by atoms with Gasteiger partial charge in [0.2, 0.25) is 11.7 Å². The van der Waals surface area contributed by atoms with E-state index in [0.717, 1.165) is 37.7 Å². The van der Waals surface area contributed by atoms with Gasteiger partial charge in [-0.25, -0.2) is 9.37 Å². The highest BCUT2D eigenvalue weighted by Gasteiger charge is 2.26. The molecule has 1 aliphatic rings. The molecule has 8 heteroatoms. The molecule has 0 unspecified atom stereocenters. The van der Waals surface area contributed by atoms with Crippen LogP contribution in [0.5, 0.6) is 5.75 Å². The molecule has 1 saturated heterocycles. The third-order valence-corrected chi connectivity index (χ3v) is 5.37. The standard InChI is InChI=1S/C21H24FN5O2/c1-14-4-5-16(12-18(14)22)20-24-21(29-25-20)15(2)26-8-10-27(11-9-26)19-13-17(28-3)6-7-23-19/h4-7,12-13,15H,8-11H2,1-3H3/t15-/m1/s1. The molecule has 1 aromatic carbocycles. The first kappa shape index (κ1) is 19.3. The van der Waals surface area contributed by atoms with Gasteiger partial charge < -0.3 is 14.2 Å². The zero-order valence-corrected chi connectivity index (χ0v) is 16.8. The third kappa shape index (κ3) is 4.07. The van der Waals surface area contributed by atoms with E-state index in [-0.39, 0.29) is 11.9 Å². The summed E-state index contributed by atoms with van der Waals surface area (Å²) in [7, 11) is 1.66. The minimum absolute atomic E-state index is 0.0213. The first-order valence-electron chi connectivity index (χ1n) is 9.64. The number of methoxy groups -OCH3 is 1. The van der Waals surface area contributed by atoms with E-state index >= 15 is 0 Å². The quantitative estimate of drug-likeness (QED) is 0.653. The summed E-state index contributed by atoms with van der Waals surface area (Å²) in [5, 5.41) is 4.04. The number of hydrogen-bond acceptors (Lipinski definition) is 7. The molecule has 0 radical (unpaired) electrons.